The van der Waals surface area contributed by atoms with E-state index in [1.54, 1.807) is 16.8 Å². The zero-order chi connectivity index (χ0) is 14.0. The zero-order valence-corrected chi connectivity index (χ0v) is 12.0. The molecule has 19 heavy (non-hydrogen) atoms. The van der Waals surface area contributed by atoms with Gasteiger partial charge in [-0.15, -0.1) is 0 Å². The van der Waals surface area contributed by atoms with Gasteiger partial charge >= 0.3 is 0 Å². The van der Waals surface area contributed by atoms with Crippen LogP contribution >= 0.6 is 11.6 Å². The Morgan fingerprint density at radius 1 is 1.32 bits per heavy atom. The second-order valence-corrected chi connectivity index (χ2v) is 4.69. The smallest absolute Gasteiger partial charge is 0.159 e. The number of hydrogen-bond acceptors (Lipinski definition) is 3. The summed E-state index contributed by atoms with van der Waals surface area (Å²) >= 11 is 6.25. The molecule has 0 spiro atoms. The molecule has 0 radical (unpaired) electrons. The topological polar surface area (TPSA) is 47.8 Å². The summed E-state index contributed by atoms with van der Waals surface area (Å²) in [6, 6.07) is 5.24. The summed E-state index contributed by atoms with van der Waals surface area (Å²) in [5, 5.41) is 4.95. The Morgan fingerprint density at radius 3 is 2.58 bits per heavy atom. The minimum Gasteiger partial charge on any atom is -0.295 e. The third kappa shape index (κ3) is 2.68. The summed E-state index contributed by atoms with van der Waals surface area (Å²) in [5.41, 5.74) is 1.36. The van der Waals surface area contributed by atoms with Crippen molar-refractivity contribution in [1.29, 1.82) is 0 Å². The quantitative estimate of drug-likeness (QED) is 0.806. The number of nitrogens with zero attached hydrogens (tertiary/aromatic N) is 3. The summed E-state index contributed by atoms with van der Waals surface area (Å²) in [7, 11) is 0. The van der Waals surface area contributed by atoms with Gasteiger partial charge in [0.05, 0.1) is 10.7 Å². The third-order valence-corrected chi connectivity index (χ3v) is 3.24. The molecule has 1 aromatic heterocycles. The Labute approximate surface area is 117 Å². The minimum atomic E-state index is -0.00278. The highest BCUT2D eigenvalue weighted by molar-refractivity contribution is 6.32. The van der Waals surface area contributed by atoms with Crippen LogP contribution in [-0.4, -0.2) is 20.5 Å². The number of aryl methyl sites for hydroxylation is 2. The number of carbonyl (C=O) groups excluding carboxylic acids is 1. The Hall–Kier alpha value is -1.68. The fourth-order valence-electron chi connectivity index (χ4n) is 1.86. The van der Waals surface area contributed by atoms with E-state index in [9.17, 15) is 4.79 Å². The van der Waals surface area contributed by atoms with Crippen LogP contribution in [0.25, 0.3) is 5.69 Å². The van der Waals surface area contributed by atoms with Crippen molar-refractivity contribution in [3.63, 3.8) is 0 Å². The standard InChI is InChI=1S/C14H16ClN3O/c1-4-13-16-14(5-2)18(17-13)12-7-6-10(9(3)19)8-11(12)15/h6-8H,4-5H2,1-3H3. The molecular formula is C14H16ClN3O. The fraction of sp³-hybridized carbons (Fsp3) is 0.357. The lowest BCUT2D eigenvalue weighted by molar-refractivity contribution is 0.101. The normalized spacial score (nSPS) is 10.7. The van der Waals surface area contributed by atoms with Crippen LogP contribution in [0.2, 0.25) is 5.02 Å². The second kappa shape index (κ2) is 5.53. The molecule has 1 aromatic carbocycles. The number of benzene rings is 1. The summed E-state index contributed by atoms with van der Waals surface area (Å²) in [6.45, 7) is 5.56. The lowest BCUT2D eigenvalue weighted by Crippen LogP contribution is -2.04. The van der Waals surface area contributed by atoms with Gasteiger partial charge in [0.25, 0.3) is 0 Å². The number of rotatable bonds is 4. The van der Waals surface area contributed by atoms with Crippen molar-refractivity contribution >= 4 is 17.4 Å². The van der Waals surface area contributed by atoms with Crippen molar-refractivity contribution in [2.45, 2.75) is 33.6 Å². The maximum atomic E-state index is 11.3. The van der Waals surface area contributed by atoms with Crippen LogP contribution in [0.4, 0.5) is 0 Å². The van der Waals surface area contributed by atoms with Crippen LogP contribution in [0, 0.1) is 0 Å². The summed E-state index contributed by atoms with van der Waals surface area (Å²) in [6.07, 6.45) is 1.56. The number of carbonyl (C=O) groups is 1. The largest absolute Gasteiger partial charge is 0.295 e. The van der Waals surface area contributed by atoms with Crippen molar-refractivity contribution in [3.05, 3.63) is 40.4 Å². The molecule has 0 saturated carbocycles. The van der Waals surface area contributed by atoms with Crippen LogP contribution in [-0.2, 0) is 12.8 Å². The molecule has 0 unspecified atom stereocenters. The molecule has 0 aliphatic rings. The van der Waals surface area contributed by atoms with Crippen molar-refractivity contribution in [1.82, 2.24) is 14.8 Å². The van der Waals surface area contributed by atoms with Crippen molar-refractivity contribution < 1.29 is 4.79 Å². The maximum Gasteiger partial charge on any atom is 0.159 e. The lowest BCUT2D eigenvalue weighted by atomic mass is 10.1. The molecule has 4 nitrogen and oxygen atoms in total. The molecule has 0 aliphatic heterocycles. The molecule has 0 N–H and O–H groups in total. The van der Waals surface area contributed by atoms with Crippen molar-refractivity contribution in [2.24, 2.45) is 0 Å². The van der Waals surface area contributed by atoms with E-state index in [0.29, 0.717) is 10.6 Å². The van der Waals surface area contributed by atoms with Crippen LogP contribution in [0.5, 0.6) is 0 Å². The molecule has 0 atom stereocenters. The first-order chi connectivity index (χ1) is 9.06. The fourth-order valence-corrected chi connectivity index (χ4v) is 2.12. The van der Waals surface area contributed by atoms with Gasteiger partial charge in [0, 0.05) is 18.4 Å². The van der Waals surface area contributed by atoms with E-state index in [2.05, 4.69) is 10.1 Å². The predicted octanol–water partition coefficient (Wildman–Crippen LogP) is 3.25. The van der Waals surface area contributed by atoms with E-state index >= 15 is 0 Å². The summed E-state index contributed by atoms with van der Waals surface area (Å²) in [5.74, 6) is 1.66. The second-order valence-electron chi connectivity index (χ2n) is 4.29. The van der Waals surface area contributed by atoms with Crippen LogP contribution in [0.1, 0.15) is 42.8 Å². The lowest BCUT2D eigenvalue weighted by Gasteiger charge is -2.07. The average molecular weight is 278 g/mol. The van der Waals surface area contributed by atoms with Crippen LogP contribution in [0.3, 0.4) is 0 Å². The first kappa shape index (κ1) is 13.7. The first-order valence-electron chi connectivity index (χ1n) is 6.32. The first-order valence-corrected chi connectivity index (χ1v) is 6.70. The number of ketones is 1. The Balaban J connectivity index is 2.52. The van der Waals surface area contributed by atoms with Gasteiger partial charge in [0.1, 0.15) is 5.82 Å². The van der Waals surface area contributed by atoms with Crippen LogP contribution in [0.15, 0.2) is 18.2 Å². The van der Waals surface area contributed by atoms with E-state index in [4.69, 9.17) is 11.6 Å². The van der Waals surface area contributed by atoms with E-state index in [1.165, 1.54) is 6.92 Å². The Morgan fingerprint density at radius 2 is 2.05 bits per heavy atom. The molecule has 1 heterocycles. The van der Waals surface area contributed by atoms with Crippen molar-refractivity contribution in [2.75, 3.05) is 0 Å². The summed E-state index contributed by atoms with van der Waals surface area (Å²) in [4.78, 5) is 15.8. The van der Waals surface area contributed by atoms with Gasteiger partial charge in [-0.2, -0.15) is 5.10 Å². The number of halogens is 1. The van der Waals surface area contributed by atoms with Crippen molar-refractivity contribution in [3.8, 4) is 5.69 Å². The summed E-state index contributed by atoms with van der Waals surface area (Å²) < 4.78 is 1.76. The molecule has 100 valence electrons. The van der Waals surface area contributed by atoms with Gasteiger partial charge in [-0.3, -0.25) is 4.79 Å². The van der Waals surface area contributed by atoms with Gasteiger partial charge in [-0.05, 0) is 25.1 Å². The number of hydrogen-bond donors (Lipinski definition) is 0. The molecular weight excluding hydrogens is 262 g/mol. The van der Waals surface area contributed by atoms with E-state index in [0.717, 1.165) is 30.2 Å². The SMILES string of the molecule is CCc1nc(CC)n(-c2ccc(C(C)=O)cc2Cl)n1. The predicted molar refractivity (Wildman–Crippen MR) is 75.1 cm³/mol. The molecule has 5 heteroatoms. The molecule has 0 saturated heterocycles. The highest BCUT2D eigenvalue weighted by atomic mass is 35.5. The molecule has 2 rings (SSSR count). The third-order valence-electron chi connectivity index (χ3n) is 2.93. The van der Waals surface area contributed by atoms with E-state index in [1.807, 2.05) is 19.9 Å². The molecule has 2 aromatic rings. The maximum absolute atomic E-state index is 11.3. The van der Waals surface area contributed by atoms with Gasteiger partial charge in [-0.25, -0.2) is 9.67 Å². The van der Waals surface area contributed by atoms with Gasteiger partial charge in [-0.1, -0.05) is 25.4 Å². The van der Waals surface area contributed by atoms with E-state index in [-0.39, 0.29) is 5.78 Å². The highest BCUT2D eigenvalue weighted by Gasteiger charge is 2.13. The molecule has 0 bridgehead atoms. The molecule has 0 fully saturated rings. The Bertz CT molecular complexity index is 619. The average Bonchev–Trinajstić information content (AvgIpc) is 2.81. The van der Waals surface area contributed by atoms with Gasteiger partial charge in [0.2, 0.25) is 0 Å². The molecule has 0 amide bonds. The Kier molecular flexibility index (Phi) is 4.00. The monoisotopic (exact) mass is 277 g/mol. The molecule has 0 aliphatic carbocycles. The minimum absolute atomic E-state index is 0.00278. The van der Waals surface area contributed by atoms with Crippen LogP contribution < -0.4 is 0 Å². The zero-order valence-electron chi connectivity index (χ0n) is 11.3. The van der Waals surface area contributed by atoms with E-state index < -0.39 is 0 Å². The van der Waals surface area contributed by atoms with Gasteiger partial charge in [0.15, 0.2) is 11.6 Å². The highest BCUT2D eigenvalue weighted by Crippen LogP contribution is 2.23. The number of Topliss-reactive ketones (excluding diaryl/α,β-unsaturated/α-hetero) is 1. The van der Waals surface area contributed by atoms with Gasteiger partial charge < -0.3 is 0 Å². The number of aromatic nitrogens is 3.